The van der Waals surface area contributed by atoms with E-state index < -0.39 is 0 Å². The molecule has 0 unspecified atom stereocenters. The average Bonchev–Trinajstić information content (AvgIpc) is 3.46. The second-order valence-corrected chi connectivity index (χ2v) is 18.5. The van der Waals surface area contributed by atoms with E-state index in [1.165, 1.54) is 87.6 Å². The number of nitrogens with zero attached hydrogens (tertiary/aromatic N) is 2. The largest absolute Gasteiger partial charge is 0.308 e. The molecule has 0 fully saturated rings. The zero-order valence-electron chi connectivity index (χ0n) is 39.6. The van der Waals surface area contributed by atoms with Gasteiger partial charge in [0.2, 0.25) is 0 Å². The SMILES string of the molecule is c1ccc(N(c2ccc(-c3cccc4ccccc34)cc2)c2ccc(-c3cccc4ccccc34)cc2)c(N(c2ccc(-c3cccc4ccccc34)cc2)c2ccc(-c3cccc4ccccc34)cc2)c1. The third-order valence-corrected chi connectivity index (χ3v) is 14.3. The summed E-state index contributed by atoms with van der Waals surface area (Å²) in [4.78, 5) is 4.83. The molecule has 0 aliphatic heterocycles. The maximum atomic E-state index is 2.41. The van der Waals surface area contributed by atoms with Gasteiger partial charge < -0.3 is 9.80 Å². The Labute approximate surface area is 420 Å². The Kier molecular flexibility index (Phi) is 10.9. The molecule has 0 spiro atoms. The molecule has 0 amide bonds. The monoisotopic (exact) mass is 916 g/mol. The number of fused-ring (bicyclic) bond motifs is 4. The van der Waals surface area contributed by atoms with E-state index in [1.54, 1.807) is 0 Å². The van der Waals surface area contributed by atoms with Crippen LogP contribution in [-0.2, 0) is 0 Å². The zero-order chi connectivity index (χ0) is 47.8. The van der Waals surface area contributed by atoms with Crippen molar-refractivity contribution in [3.63, 3.8) is 0 Å². The first-order valence-electron chi connectivity index (χ1n) is 24.7. The first-order chi connectivity index (χ1) is 35.7. The van der Waals surface area contributed by atoms with Crippen LogP contribution in [0.5, 0.6) is 0 Å². The van der Waals surface area contributed by atoms with E-state index in [2.05, 4.69) is 301 Å². The van der Waals surface area contributed by atoms with Crippen molar-refractivity contribution in [1.82, 2.24) is 0 Å². The molecule has 0 radical (unpaired) electrons. The van der Waals surface area contributed by atoms with Crippen molar-refractivity contribution in [2.24, 2.45) is 0 Å². The lowest BCUT2D eigenvalue weighted by molar-refractivity contribution is 1.23. The molecule has 0 aromatic heterocycles. The topological polar surface area (TPSA) is 6.48 Å². The Morgan fingerprint density at radius 3 is 0.625 bits per heavy atom. The van der Waals surface area contributed by atoms with Gasteiger partial charge in [-0.05, 0) is 148 Å². The van der Waals surface area contributed by atoms with Gasteiger partial charge in [0.05, 0.1) is 11.4 Å². The van der Waals surface area contributed by atoms with E-state index in [4.69, 9.17) is 0 Å². The van der Waals surface area contributed by atoms with Crippen molar-refractivity contribution in [3.8, 4) is 44.5 Å². The molecule has 0 saturated heterocycles. The molecule has 13 rings (SSSR count). The summed E-state index contributed by atoms with van der Waals surface area (Å²) < 4.78 is 0. The van der Waals surface area contributed by atoms with Crippen LogP contribution in [0.3, 0.4) is 0 Å². The Morgan fingerprint density at radius 1 is 0.167 bits per heavy atom. The third kappa shape index (κ3) is 7.82. The van der Waals surface area contributed by atoms with E-state index in [1.807, 2.05) is 0 Å². The van der Waals surface area contributed by atoms with Gasteiger partial charge in [-0.3, -0.25) is 0 Å². The maximum Gasteiger partial charge on any atom is 0.0702 e. The summed E-state index contributed by atoms with van der Waals surface area (Å²) >= 11 is 0. The Bertz CT molecular complexity index is 3540. The number of benzene rings is 13. The molecule has 0 aliphatic rings. The maximum absolute atomic E-state index is 2.41. The number of para-hydroxylation sites is 2. The minimum absolute atomic E-state index is 1.05. The van der Waals surface area contributed by atoms with Crippen LogP contribution in [-0.4, -0.2) is 0 Å². The Balaban J connectivity index is 0.972. The van der Waals surface area contributed by atoms with Crippen molar-refractivity contribution in [3.05, 3.63) is 291 Å². The first-order valence-corrected chi connectivity index (χ1v) is 24.7. The standard InChI is InChI=1S/C70H48N2/c1-5-23-61-49(15-1)19-11-27-65(61)53-33-41-57(42-34-53)71(58-43-35-54(36-44-58)66-28-12-20-50-16-2-6-24-62(50)66)69-31-9-10-32-70(69)72(59-45-37-55(38-46-59)67-29-13-21-51-17-3-7-25-63(51)67)60-47-39-56(40-48-60)68-30-14-22-52-18-4-8-26-64(52)68/h1-48H. The quantitative estimate of drug-likeness (QED) is 0.135. The van der Waals surface area contributed by atoms with Crippen LogP contribution in [0, 0.1) is 0 Å². The van der Waals surface area contributed by atoms with Crippen LogP contribution in [0.15, 0.2) is 291 Å². The molecule has 0 N–H and O–H groups in total. The molecule has 72 heavy (non-hydrogen) atoms. The van der Waals surface area contributed by atoms with E-state index >= 15 is 0 Å². The molecule has 0 atom stereocenters. The van der Waals surface area contributed by atoms with Crippen molar-refractivity contribution in [2.45, 2.75) is 0 Å². The van der Waals surface area contributed by atoms with E-state index in [0.717, 1.165) is 34.1 Å². The van der Waals surface area contributed by atoms with Crippen LogP contribution in [0.2, 0.25) is 0 Å². The summed E-state index contributed by atoms with van der Waals surface area (Å²) in [7, 11) is 0. The summed E-state index contributed by atoms with van der Waals surface area (Å²) in [6.07, 6.45) is 0. The lowest BCUT2D eigenvalue weighted by atomic mass is 9.97. The van der Waals surface area contributed by atoms with Crippen LogP contribution in [0.1, 0.15) is 0 Å². The lowest BCUT2D eigenvalue weighted by Gasteiger charge is -2.33. The summed E-state index contributed by atoms with van der Waals surface area (Å²) in [6, 6.07) is 106. The molecular weight excluding hydrogens is 869 g/mol. The van der Waals surface area contributed by atoms with Gasteiger partial charge in [-0.2, -0.15) is 0 Å². The van der Waals surface area contributed by atoms with E-state index in [0.29, 0.717) is 0 Å². The zero-order valence-corrected chi connectivity index (χ0v) is 39.6. The van der Waals surface area contributed by atoms with Crippen LogP contribution in [0.25, 0.3) is 87.6 Å². The van der Waals surface area contributed by atoms with Gasteiger partial charge in [-0.15, -0.1) is 0 Å². The summed E-state index contributed by atoms with van der Waals surface area (Å²) in [5.74, 6) is 0. The molecule has 2 nitrogen and oxygen atoms in total. The van der Waals surface area contributed by atoms with Gasteiger partial charge in [-0.1, -0.05) is 231 Å². The lowest BCUT2D eigenvalue weighted by Crippen LogP contribution is -2.17. The van der Waals surface area contributed by atoms with Crippen molar-refractivity contribution >= 4 is 77.2 Å². The van der Waals surface area contributed by atoms with Crippen LogP contribution < -0.4 is 9.80 Å². The molecule has 0 aliphatic carbocycles. The highest BCUT2D eigenvalue weighted by Gasteiger charge is 2.23. The highest BCUT2D eigenvalue weighted by molar-refractivity contribution is 6.01. The van der Waals surface area contributed by atoms with Gasteiger partial charge in [0.15, 0.2) is 0 Å². The van der Waals surface area contributed by atoms with E-state index in [-0.39, 0.29) is 0 Å². The molecule has 13 aromatic rings. The fourth-order valence-electron chi connectivity index (χ4n) is 10.8. The smallest absolute Gasteiger partial charge is 0.0702 e. The molecular formula is C70H48N2. The predicted octanol–water partition coefficient (Wildman–Crippen LogP) is 19.9. The summed E-state index contributed by atoms with van der Waals surface area (Å²) in [5, 5.41) is 9.90. The molecule has 2 heteroatoms. The minimum Gasteiger partial charge on any atom is -0.308 e. The number of anilines is 6. The minimum atomic E-state index is 1.05. The molecule has 338 valence electrons. The normalized spacial score (nSPS) is 11.3. The van der Waals surface area contributed by atoms with Crippen molar-refractivity contribution in [1.29, 1.82) is 0 Å². The van der Waals surface area contributed by atoms with Gasteiger partial charge >= 0.3 is 0 Å². The van der Waals surface area contributed by atoms with Crippen molar-refractivity contribution in [2.75, 3.05) is 9.80 Å². The second-order valence-electron chi connectivity index (χ2n) is 18.5. The van der Waals surface area contributed by atoms with E-state index in [9.17, 15) is 0 Å². The molecule has 13 aromatic carbocycles. The highest BCUT2D eigenvalue weighted by atomic mass is 15.2. The first kappa shape index (κ1) is 42.6. The fourth-order valence-corrected chi connectivity index (χ4v) is 10.8. The Morgan fingerprint density at radius 2 is 0.375 bits per heavy atom. The molecule has 0 saturated carbocycles. The van der Waals surface area contributed by atoms with Crippen LogP contribution in [0.4, 0.5) is 34.1 Å². The number of hydrogen-bond acceptors (Lipinski definition) is 2. The Hall–Kier alpha value is -9.50. The fraction of sp³-hybridized carbons (Fsp3) is 0. The van der Waals surface area contributed by atoms with Gasteiger partial charge in [0.25, 0.3) is 0 Å². The van der Waals surface area contributed by atoms with Gasteiger partial charge in [0.1, 0.15) is 0 Å². The average molecular weight is 917 g/mol. The van der Waals surface area contributed by atoms with Gasteiger partial charge in [0, 0.05) is 22.7 Å². The molecule has 0 heterocycles. The molecule has 0 bridgehead atoms. The predicted molar refractivity (Wildman–Crippen MR) is 308 cm³/mol. The number of rotatable bonds is 10. The summed E-state index contributed by atoms with van der Waals surface area (Å²) in [6.45, 7) is 0. The third-order valence-electron chi connectivity index (χ3n) is 14.3. The van der Waals surface area contributed by atoms with Gasteiger partial charge in [-0.25, -0.2) is 0 Å². The highest BCUT2D eigenvalue weighted by Crippen LogP contribution is 2.47. The van der Waals surface area contributed by atoms with Crippen LogP contribution >= 0.6 is 0 Å². The summed E-state index contributed by atoms with van der Waals surface area (Å²) in [5.41, 5.74) is 15.9. The number of hydrogen-bond donors (Lipinski definition) is 0. The van der Waals surface area contributed by atoms with Crippen molar-refractivity contribution < 1.29 is 0 Å². The second kappa shape index (κ2) is 18.4.